The minimum atomic E-state index is -0.564. The topological polar surface area (TPSA) is 68.5 Å². The fraction of sp³-hybridized carbons (Fsp3) is 0.333. The molecule has 5 heteroatoms. The second-order valence-corrected chi connectivity index (χ2v) is 5.35. The Labute approximate surface area is 135 Å². The third-order valence-electron chi connectivity index (χ3n) is 3.68. The fourth-order valence-electron chi connectivity index (χ4n) is 2.21. The molecule has 0 radical (unpaired) electrons. The van der Waals surface area contributed by atoms with E-state index in [9.17, 15) is 9.59 Å². The first-order valence-electron chi connectivity index (χ1n) is 7.60. The molecular weight excluding hydrogens is 294 g/mol. The van der Waals surface area contributed by atoms with Crippen LogP contribution in [0.25, 0.3) is 0 Å². The summed E-state index contributed by atoms with van der Waals surface area (Å²) in [6.45, 7) is 5.33. The number of amides is 1. The molecule has 0 saturated heterocycles. The second-order valence-electron chi connectivity index (χ2n) is 5.35. The van der Waals surface area contributed by atoms with E-state index < -0.39 is 5.97 Å². The van der Waals surface area contributed by atoms with Gasteiger partial charge in [0.2, 0.25) is 0 Å². The van der Waals surface area contributed by atoms with Crippen molar-refractivity contribution in [3.05, 3.63) is 59.0 Å². The van der Waals surface area contributed by atoms with Crippen molar-refractivity contribution in [3.8, 4) is 0 Å². The van der Waals surface area contributed by atoms with E-state index in [4.69, 9.17) is 9.15 Å². The van der Waals surface area contributed by atoms with Gasteiger partial charge < -0.3 is 14.5 Å². The number of esters is 1. The van der Waals surface area contributed by atoms with E-state index >= 15 is 0 Å². The van der Waals surface area contributed by atoms with Crippen molar-refractivity contribution < 1.29 is 18.7 Å². The van der Waals surface area contributed by atoms with Crippen molar-refractivity contribution in [2.75, 3.05) is 6.61 Å². The monoisotopic (exact) mass is 315 g/mol. The molecule has 1 aromatic heterocycles. The number of carbonyl (C=O) groups excluding carboxylic acids is 2. The summed E-state index contributed by atoms with van der Waals surface area (Å²) < 4.78 is 10.0. The van der Waals surface area contributed by atoms with Gasteiger partial charge in [0.15, 0.2) is 6.61 Å². The number of nitrogens with one attached hydrogen (secondary N) is 1. The van der Waals surface area contributed by atoms with Gasteiger partial charge in [-0.2, -0.15) is 0 Å². The van der Waals surface area contributed by atoms with Crippen LogP contribution in [0.1, 0.15) is 47.1 Å². The molecule has 5 nitrogen and oxygen atoms in total. The van der Waals surface area contributed by atoms with Crippen LogP contribution in [-0.2, 0) is 16.0 Å². The highest BCUT2D eigenvalue weighted by Gasteiger charge is 2.16. The van der Waals surface area contributed by atoms with Crippen LogP contribution in [0.4, 0.5) is 0 Å². The molecule has 0 fully saturated rings. The van der Waals surface area contributed by atoms with Crippen LogP contribution in [-0.4, -0.2) is 18.5 Å². The summed E-state index contributed by atoms with van der Waals surface area (Å²) in [7, 11) is 0. The highest BCUT2D eigenvalue weighted by atomic mass is 16.5. The lowest BCUT2D eigenvalue weighted by atomic mass is 10.1. The van der Waals surface area contributed by atoms with Gasteiger partial charge in [-0.25, -0.2) is 4.79 Å². The number of ether oxygens (including phenoxy) is 1. The highest BCUT2D eigenvalue weighted by molar-refractivity contribution is 5.92. The van der Waals surface area contributed by atoms with Crippen molar-refractivity contribution in [2.24, 2.45) is 0 Å². The summed E-state index contributed by atoms with van der Waals surface area (Å²) in [4.78, 5) is 23.7. The quantitative estimate of drug-likeness (QED) is 0.831. The molecule has 1 N–H and O–H groups in total. The van der Waals surface area contributed by atoms with Crippen molar-refractivity contribution in [1.29, 1.82) is 0 Å². The Morgan fingerprint density at radius 1 is 1.22 bits per heavy atom. The lowest BCUT2D eigenvalue weighted by Gasteiger charge is -2.14. The van der Waals surface area contributed by atoms with Gasteiger partial charge in [0, 0.05) is 0 Å². The predicted octanol–water partition coefficient (Wildman–Crippen LogP) is 3.18. The standard InChI is InChI=1S/C18H21NO4/c1-4-14-5-7-15(8-6-14)12(2)19-17(20)11-23-18(21)16-9-10-22-13(16)3/h5-10,12H,4,11H2,1-3H3,(H,19,20)/t12-/m0/s1. The van der Waals surface area contributed by atoms with E-state index in [2.05, 4.69) is 12.2 Å². The third-order valence-corrected chi connectivity index (χ3v) is 3.68. The van der Waals surface area contributed by atoms with Crippen LogP contribution < -0.4 is 5.32 Å². The number of furan rings is 1. The molecule has 1 amide bonds. The number of aryl methyl sites for hydroxylation is 2. The molecule has 0 aliphatic rings. The predicted molar refractivity (Wildman–Crippen MR) is 86.1 cm³/mol. The minimum Gasteiger partial charge on any atom is -0.469 e. The van der Waals surface area contributed by atoms with Gasteiger partial charge in [-0.1, -0.05) is 31.2 Å². The first kappa shape index (κ1) is 16.8. The Bertz CT molecular complexity index is 673. The van der Waals surface area contributed by atoms with E-state index in [-0.39, 0.29) is 18.6 Å². The van der Waals surface area contributed by atoms with Gasteiger partial charge in [-0.15, -0.1) is 0 Å². The Kier molecular flexibility index (Phi) is 5.57. The number of hydrogen-bond donors (Lipinski definition) is 1. The van der Waals surface area contributed by atoms with Crippen LogP contribution >= 0.6 is 0 Å². The zero-order valence-corrected chi connectivity index (χ0v) is 13.6. The van der Waals surface area contributed by atoms with Crippen LogP contribution in [0.3, 0.4) is 0 Å². The maximum Gasteiger partial charge on any atom is 0.342 e. The van der Waals surface area contributed by atoms with Crippen molar-refractivity contribution in [3.63, 3.8) is 0 Å². The van der Waals surface area contributed by atoms with Crippen LogP contribution in [0.5, 0.6) is 0 Å². The van der Waals surface area contributed by atoms with Crippen molar-refractivity contribution in [1.82, 2.24) is 5.32 Å². The van der Waals surface area contributed by atoms with Crippen LogP contribution in [0.15, 0.2) is 41.0 Å². The van der Waals surface area contributed by atoms with E-state index in [0.29, 0.717) is 11.3 Å². The average molecular weight is 315 g/mol. The zero-order valence-electron chi connectivity index (χ0n) is 13.6. The van der Waals surface area contributed by atoms with Gasteiger partial charge >= 0.3 is 5.97 Å². The Morgan fingerprint density at radius 2 is 1.91 bits per heavy atom. The molecule has 23 heavy (non-hydrogen) atoms. The maximum absolute atomic E-state index is 11.9. The molecule has 0 unspecified atom stereocenters. The maximum atomic E-state index is 11.9. The lowest BCUT2D eigenvalue weighted by molar-refractivity contribution is -0.124. The Morgan fingerprint density at radius 3 is 2.48 bits per heavy atom. The normalized spacial score (nSPS) is 11.8. The third kappa shape index (κ3) is 4.45. The van der Waals surface area contributed by atoms with Gasteiger partial charge in [-0.3, -0.25) is 4.79 Å². The van der Waals surface area contributed by atoms with Gasteiger partial charge in [0.25, 0.3) is 5.91 Å². The number of rotatable bonds is 6. The summed E-state index contributed by atoms with van der Waals surface area (Å²) in [6, 6.07) is 9.44. The largest absolute Gasteiger partial charge is 0.469 e. The molecule has 1 heterocycles. The molecule has 2 rings (SSSR count). The molecule has 0 spiro atoms. The molecule has 0 bridgehead atoms. The van der Waals surface area contributed by atoms with Crippen molar-refractivity contribution >= 4 is 11.9 Å². The van der Waals surface area contributed by atoms with Gasteiger partial charge in [0.1, 0.15) is 11.3 Å². The molecule has 0 aliphatic heterocycles. The number of hydrogen-bond acceptors (Lipinski definition) is 4. The summed E-state index contributed by atoms with van der Waals surface area (Å²) in [6.07, 6.45) is 2.39. The van der Waals surface area contributed by atoms with E-state index in [0.717, 1.165) is 12.0 Å². The molecule has 0 aliphatic carbocycles. The smallest absolute Gasteiger partial charge is 0.342 e. The molecule has 122 valence electrons. The van der Waals surface area contributed by atoms with E-state index in [1.54, 1.807) is 6.92 Å². The summed E-state index contributed by atoms with van der Waals surface area (Å²) in [5.74, 6) is -0.433. The average Bonchev–Trinajstić information content (AvgIpc) is 2.98. The van der Waals surface area contributed by atoms with E-state index in [1.807, 2.05) is 31.2 Å². The fourth-order valence-corrected chi connectivity index (χ4v) is 2.21. The van der Waals surface area contributed by atoms with Crippen LogP contribution in [0.2, 0.25) is 0 Å². The number of carbonyl (C=O) groups is 2. The molecule has 1 aromatic carbocycles. The summed E-state index contributed by atoms with van der Waals surface area (Å²) >= 11 is 0. The SMILES string of the molecule is CCc1ccc([C@H](C)NC(=O)COC(=O)c2ccoc2C)cc1. The Balaban J connectivity index is 1.84. The first-order chi connectivity index (χ1) is 11.0. The summed E-state index contributed by atoms with van der Waals surface area (Å²) in [5, 5.41) is 2.81. The lowest BCUT2D eigenvalue weighted by Crippen LogP contribution is -2.31. The zero-order chi connectivity index (χ0) is 16.8. The number of benzene rings is 1. The molecular formula is C18H21NO4. The molecule has 1 atom stereocenters. The molecule has 2 aromatic rings. The summed E-state index contributed by atoms with van der Waals surface area (Å²) in [5.41, 5.74) is 2.59. The Hall–Kier alpha value is -2.56. The van der Waals surface area contributed by atoms with Gasteiger partial charge in [0.05, 0.1) is 12.3 Å². The highest BCUT2D eigenvalue weighted by Crippen LogP contribution is 2.14. The molecule has 0 saturated carbocycles. The minimum absolute atomic E-state index is 0.150. The van der Waals surface area contributed by atoms with Crippen molar-refractivity contribution in [2.45, 2.75) is 33.2 Å². The van der Waals surface area contributed by atoms with E-state index in [1.165, 1.54) is 17.9 Å². The first-order valence-corrected chi connectivity index (χ1v) is 7.60. The van der Waals surface area contributed by atoms with Crippen LogP contribution in [0, 0.1) is 6.92 Å². The second kappa shape index (κ2) is 7.63. The van der Waals surface area contributed by atoms with Gasteiger partial charge in [-0.05, 0) is 37.5 Å².